The lowest BCUT2D eigenvalue weighted by atomic mass is 9.95. The molecule has 1 N–H and O–H groups in total. The van der Waals surface area contributed by atoms with Gasteiger partial charge in [-0.05, 0) is 19.3 Å². The van der Waals surface area contributed by atoms with Crippen molar-refractivity contribution in [1.82, 2.24) is 0 Å². The maximum Gasteiger partial charge on any atom is 0.0833 e. The van der Waals surface area contributed by atoms with E-state index in [-0.39, 0.29) is 12.2 Å². The van der Waals surface area contributed by atoms with Gasteiger partial charge in [-0.15, -0.1) is 0 Å². The van der Waals surface area contributed by atoms with E-state index >= 15 is 0 Å². The first-order valence-electron chi connectivity index (χ1n) is 7.14. The van der Waals surface area contributed by atoms with Crippen molar-refractivity contribution in [2.75, 3.05) is 6.61 Å². The van der Waals surface area contributed by atoms with Crippen LogP contribution in [-0.4, -0.2) is 23.9 Å². The van der Waals surface area contributed by atoms with Crippen LogP contribution in [0.15, 0.2) is 0 Å². The van der Waals surface area contributed by atoms with E-state index in [9.17, 15) is 5.11 Å². The van der Waals surface area contributed by atoms with Crippen molar-refractivity contribution < 1.29 is 9.84 Å². The normalized spacial score (nSPS) is 25.9. The molecule has 1 aliphatic carbocycles. The van der Waals surface area contributed by atoms with E-state index in [4.69, 9.17) is 4.74 Å². The summed E-state index contributed by atoms with van der Waals surface area (Å²) in [6, 6.07) is 0. The molecule has 1 rings (SSSR count). The van der Waals surface area contributed by atoms with Gasteiger partial charge in [-0.25, -0.2) is 0 Å². The molecule has 2 atom stereocenters. The van der Waals surface area contributed by atoms with Gasteiger partial charge in [0.15, 0.2) is 0 Å². The summed E-state index contributed by atoms with van der Waals surface area (Å²) >= 11 is 0. The molecule has 2 nitrogen and oxygen atoms in total. The molecule has 0 saturated heterocycles. The highest BCUT2D eigenvalue weighted by molar-refractivity contribution is 4.74. The summed E-state index contributed by atoms with van der Waals surface area (Å²) in [4.78, 5) is 0. The number of unbranched alkanes of at least 4 members (excludes halogenated alkanes) is 5. The van der Waals surface area contributed by atoms with E-state index in [1.165, 1.54) is 38.5 Å². The maximum atomic E-state index is 9.72. The van der Waals surface area contributed by atoms with Crippen LogP contribution in [0, 0.1) is 0 Å². The van der Waals surface area contributed by atoms with E-state index in [0.717, 1.165) is 32.3 Å². The third-order valence-corrected chi connectivity index (χ3v) is 3.50. The van der Waals surface area contributed by atoms with Gasteiger partial charge in [0.1, 0.15) is 0 Å². The van der Waals surface area contributed by atoms with Crippen LogP contribution in [0.3, 0.4) is 0 Å². The lowest BCUT2D eigenvalue weighted by Gasteiger charge is -2.27. The first-order valence-corrected chi connectivity index (χ1v) is 7.14. The summed E-state index contributed by atoms with van der Waals surface area (Å²) in [6.07, 6.45) is 12.1. The molecule has 0 aliphatic heterocycles. The second kappa shape index (κ2) is 9.00. The summed E-state index contributed by atoms with van der Waals surface area (Å²) in [7, 11) is 0. The molecule has 2 heteroatoms. The number of aliphatic hydroxyl groups is 1. The molecule has 0 heterocycles. The quantitative estimate of drug-likeness (QED) is 0.642. The van der Waals surface area contributed by atoms with Crippen LogP contribution >= 0.6 is 0 Å². The molecule has 0 aromatic carbocycles. The van der Waals surface area contributed by atoms with E-state index in [0.29, 0.717) is 0 Å². The van der Waals surface area contributed by atoms with Crippen molar-refractivity contribution in [3.8, 4) is 0 Å². The molecule has 0 aromatic rings. The molecule has 0 amide bonds. The Bertz CT molecular complexity index is 159. The Balaban J connectivity index is 1.90. The lowest BCUT2D eigenvalue weighted by molar-refractivity contribution is -0.0594. The molecule has 0 radical (unpaired) electrons. The summed E-state index contributed by atoms with van der Waals surface area (Å²) in [5, 5.41) is 9.72. The Morgan fingerprint density at radius 2 is 1.69 bits per heavy atom. The number of aliphatic hydroxyl groups excluding tert-OH is 1. The largest absolute Gasteiger partial charge is 0.390 e. The zero-order valence-corrected chi connectivity index (χ0v) is 10.8. The van der Waals surface area contributed by atoms with E-state index in [2.05, 4.69) is 6.92 Å². The Morgan fingerprint density at radius 1 is 1.00 bits per heavy atom. The van der Waals surface area contributed by atoms with Crippen molar-refractivity contribution in [2.45, 2.75) is 83.3 Å². The van der Waals surface area contributed by atoms with Gasteiger partial charge in [0.2, 0.25) is 0 Å². The van der Waals surface area contributed by atoms with Crippen LogP contribution in [0.25, 0.3) is 0 Å². The number of ether oxygens (including phenoxy) is 1. The number of hydrogen-bond donors (Lipinski definition) is 1. The Hall–Kier alpha value is -0.0800. The minimum Gasteiger partial charge on any atom is -0.390 e. The Labute approximate surface area is 100 Å². The van der Waals surface area contributed by atoms with Crippen molar-refractivity contribution in [3.63, 3.8) is 0 Å². The van der Waals surface area contributed by atoms with Crippen LogP contribution in [0.4, 0.5) is 0 Å². The SMILES string of the molecule is CCCCCCCCOC1CCCCC1O. The molecule has 0 spiro atoms. The fraction of sp³-hybridized carbons (Fsp3) is 1.00. The van der Waals surface area contributed by atoms with Crippen LogP contribution in [-0.2, 0) is 4.74 Å². The van der Waals surface area contributed by atoms with Crippen LogP contribution < -0.4 is 0 Å². The van der Waals surface area contributed by atoms with Gasteiger partial charge in [0.05, 0.1) is 12.2 Å². The molecular weight excluding hydrogens is 200 g/mol. The van der Waals surface area contributed by atoms with Gasteiger partial charge in [0, 0.05) is 6.61 Å². The van der Waals surface area contributed by atoms with Gasteiger partial charge in [-0.2, -0.15) is 0 Å². The van der Waals surface area contributed by atoms with Crippen LogP contribution in [0.2, 0.25) is 0 Å². The summed E-state index contributed by atoms with van der Waals surface area (Å²) < 4.78 is 5.75. The fourth-order valence-corrected chi connectivity index (χ4v) is 2.39. The van der Waals surface area contributed by atoms with Crippen molar-refractivity contribution in [2.24, 2.45) is 0 Å². The summed E-state index contributed by atoms with van der Waals surface area (Å²) in [5.74, 6) is 0. The third kappa shape index (κ3) is 5.86. The second-order valence-corrected chi connectivity index (χ2v) is 5.03. The van der Waals surface area contributed by atoms with Gasteiger partial charge in [0.25, 0.3) is 0 Å². The minimum atomic E-state index is -0.200. The standard InChI is InChI=1S/C14H28O2/c1-2-3-4-5-6-9-12-16-14-11-8-7-10-13(14)15/h13-15H,2-12H2,1H3. The predicted molar refractivity (Wildman–Crippen MR) is 67.6 cm³/mol. The van der Waals surface area contributed by atoms with Gasteiger partial charge < -0.3 is 9.84 Å². The van der Waals surface area contributed by atoms with Crippen molar-refractivity contribution in [3.05, 3.63) is 0 Å². The highest BCUT2D eigenvalue weighted by Crippen LogP contribution is 2.21. The highest BCUT2D eigenvalue weighted by atomic mass is 16.5. The predicted octanol–water partition coefficient (Wildman–Crippen LogP) is 3.67. The molecule has 1 aliphatic rings. The Kier molecular flexibility index (Phi) is 7.87. The first kappa shape index (κ1) is 14.0. The third-order valence-electron chi connectivity index (χ3n) is 3.50. The van der Waals surface area contributed by atoms with Crippen molar-refractivity contribution in [1.29, 1.82) is 0 Å². The van der Waals surface area contributed by atoms with E-state index < -0.39 is 0 Å². The van der Waals surface area contributed by atoms with Crippen molar-refractivity contribution >= 4 is 0 Å². The van der Waals surface area contributed by atoms with Gasteiger partial charge >= 0.3 is 0 Å². The molecule has 0 bridgehead atoms. The van der Waals surface area contributed by atoms with E-state index in [1.54, 1.807) is 0 Å². The lowest BCUT2D eigenvalue weighted by Crippen LogP contribution is -2.32. The molecule has 1 fully saturated rings. The fourth-order valence-electron chi connectivity index (χ4n) is 2.39. The molecular formula is C14H28O2. The molecule has 2 unspecified atom stereocenters. The number of rotatable bonds is 8. The monoisotopic (exact) mass is 228 g/mol. The van der Waals surface area contributed by atoms with Gasteiger partial charge in [-0.1, -0.05) is 51.9 Å². The summed E-state index contributed by atoms with van der Waals surface area (Å²) in [5.41, 5.74) is 0. The molecule has 16 heavy (non-hydrogen) atoms. The van der Waals surface area contributed by atoms with E-state index in [1.807, 2.05) is 0 Å². The Morgan fingerprint density at radius 3 is 2.44 bits per heavy atom. The van der Waals surface area contributed by atoms with Crippen LogP contribution in [0.5, 0.6) is 0 Å². The smallest absolute Gasteiger partial charge is 0.0833 e. The average Bonchev–Trinajstić information content (AvgIpc) is 2.30. The average molecular weight is 228 g/mol. The second-order valence-electron chi connectivity index (χ2n) is 5.03. The molecule has 0 aromatic heterocycles. The van der Waals surface area contributed by atoms with Crippen LogP contribution in [0.1, 0.15) is 71.1 Å². The zero-order chi connectivity index (χ0) is 11.6. The molecule has 1 saturated carbocycles. The maximum absolute atomic E-state index is 9.72. The number of hydrogen-bond acceptors (Lipinski definition) is 2. The minimum absolute atomic E-state index is 0.129. The summed E-state index contributed by atoms with van der Waals surface area (Å²) in [6.45, 7) is 3.08. The topological polar surface area (TPSA) is 29.5 Å². The first-order chi connectivity index (χ1) is 7.84. The zero-order valence-electron chi connectivity index (χ0n) is 10.8. The molecule has 96 valence electrons. The highest BCUT2D eigenvalue weighted by Gasteiger charge is 2.22. The van der Waals surface area contributed by atoms with Gasteiger partial charge in [-0.3, -0.25) is 0 Å².